The smallest absolute Gasteiger partial charge is 0.316 e. The summed E-state index contributed by atoms with van der Waals surface area (Å²) in [7, 11) is -2.88. The first kappa shape index (κ1) is 25.0. The zero-order chi connectivity index (χ0) is 21.8. The highest BCUT2D eigenvalue weighted by molar-refractivity contribution is 7.32. The van der Waals surface area contributed by atoms with Crippen LogP contribution in [0.2, 0.25) is 5.02 Å². The lowest BCUT2D eigenvalue weighted by Gasteiger charge is -2.10. The lowest BCUT2D eigenvalue weighted by Crippen LogP contribution is -2.16. The molecule has 0 amide bonds. The van der Waals surface area contributed by atoms with Crippen LogP contribution in [0.15, 0.2) is 36.4 Å². The molecular formula is C22H29ClF2NO3P. The van der Waals surface area contributed by atoms with E-state index in [-0.39, 0.29) is 18.2 Å². The number of hydrogen-bond acceptors (Lipinski definition) is 3. The molecule has 1 unspecified atom stereocenters. The summed E-state index contributed by atoms with van der Waals surface area (Å²) < 4.78 is 42.3. The number of halogens is 3. The Bertz CT molecular complexity index is 806. The molecule has 1 atom stereocenters. The van der Waals surface area contributed by atoms with Crippen molar-refractivity contribution in [2.75, 3.05) is 13.2 Å². The summed E-state index contributed by atoms with van der Waals surface area (Å²) in [5.41, 5.74) is 2.45. The van der Waals surface area contributed by atoms with Crippen molar-refractivity contribution in [3.8, 4) is 0 Å². The van der Waals surface area contributed by atoms with Crippen LogP contribution < -0.4 is 5.32 Å². The summed E-state index contributed by atoms with van der Waals surface area (Å²) in [6, 6.07) is 9.77. The van der Waals surface area contributed by atoms with Crippen LogP contribution in [0, 0.1) is 11.6 Å². The van der Waals surface area contributed by atoms with Crippen molar-refractivity contribution in [1.82, 2.24) is 5.32 Å². The molecule has 0 heterocycles. The Morgan fingerprint density at radius 2 is 1.67 bits per heavy atom. The molecule has 8 heteroatoms. The van der Waals surface area contributed by atoms with E-state index >= 15 is 0 Å². The monoisotopic (exact) mass is 459 g/mol. The van der Waals surface area contributed by atoms with Gasteiger partial charge in [0.25, 0.3) is 0 Å². The second kappa shape index (κ2) is 13.9. The lowest BCUT2D eigenvalue weighted by atomic mass is 10.0. The van der Waals surface area contributed by atoms with Gasteiger partial charge in [-0.15, -0.1) is 0 Å². The van der Waals surface area contributed by atoms with Gasteiger partial charge in [0.05, 0.1) is 6.61 Å². The first-order valence-electron chi connectivity index (χ1n) is 10.2. The highest BCUT2D eigenvalue weighted by Crippen LogP contribution is 2.23. The first-order chi connectivity index (χ1) is 14.5. The van der Waals surface area contributed by atoms with Crippen LogP contribution in [0.5, 0.6) is 0 Å². The van der Waals surface area contributed by atoms with Gasteiger partial charge < -0.3 is 14.7 Å². The number of nitrogens with one attached hydrogen (secondary N) is 1. The number of hydrogen-bond donors (Lipinski definition) is 2. The molecule has 30 heavy (non-hydrogen) atoms. The molecule has 0 aliphatic carbocycles. The molecule has 166 valence electrons. The van der Waals surface area contributed by atoms with E-state index in [2.05, 4.69) is 9.84 Å². The Morgan fingerprint density at radius 3 is 2.37 bits per heavy atom. The van der Waals surface area contributed by atoms with Crippen LogP contribution in [-0.4, -0.2) is 18.0 Å². The number of aryl methyl sites for hydroxylation is 2. The molecule has 0 aromatic heterocycles. The van der Waals surface area contributed by atoms with Crippen LogP contribution in [0.1, 0.15) is 48.8 Å². The van der Waals surface area contributed by atoms with Gasteiger partial charge in [0.2, 0.25) is 0 Å². The molecule has 0 saturated carbocycles. The minimum Gasteiger partial charge on any atom is -0.326 e. The van der Waals surface area contributed by atoms with Crippen molar-refractivity contribution in [3.05, 3.63) is 69.7 Å². The van der Waals surface area contributed by atoms with Gasteiger partial charge in [-0.2, -0.15) is 0 Å². The highest BCUT2D eigenvalue weighted by atomic mass is 35.5. The first-order valence-corrected chi connectivity index (χ1v) is 11.9. The maximum absolute atomic E-state index is 14.4. The van der Waals surface area contributed by atoms with Gasteiger partial charge in [-0.05, 0) is 79.6 Å². The van der Waals surface area contributed by atoms with E-state index < -0.39 is 8.25 Å². The van der Waals surface area contributed by atoms with Crippen molar-refractivity contribution < 1.29 is 22.8 Å². The SMILES string of the molecule is O=[PH](O)OCCCNCc1cc(F)c(CCCCCCc2ccc(F)cc2)cc1Cl. The quantitative estimate of drug-likeness (QED) is 0.275. The molecule has 0 aliphatic heterocycles. The van der Waals surface area contributed by atoms with E-state index in [1.807, 2.05) is 12.1 Å². The molecule has 2 aromatic rings. The van der Waals surface area contributed by atoms with Crippen LogP contribution in [0.25, 0.3) is 0 Å². The zero-order valence-electron chi connectivity index (χ0n) is 16.9. The molecule has 2 rings (SSSR count). The third-order valence-corrected chi connectivity index (χ3v) is 5.63. The minimum absolute atomic E-state index is 0.201. The third kappa shape index (κ3) is 9.67. The minimum atomic E-state index is -2.88. The second-order valence-electron chi connectivity index (χ2n) is 7.22. The van der Waals surface area contributed by atoms with Crippen LogP contribution in [-0.2, 0) is 28.5 Å². The van der Waals surface area contributed by atoms with E-state index in [9.17, 15) is 13.3 Å². The van der Waals surface area contributed by atoms with Crippen molar-refractivity contribution in [2.45, 2.75) is 51.5 Å². The largest absolute Gasteiger partial charge is 0.326 e. The second-order valence-corrected chi connectivity index (χ2v) is 8.45. The fraction of sp³-hybridized carbons (Fsp3) is 0.455. The van der Waals surface area contributed by atoms with E-state index in [0.29, 0.717) is 42.1 Å². The van der Waals surface area contributed by atoms with Crippen LogP contribution >= 0.6 is 19.9 Å². The van der Waals surface area contributed by atoms with E-state index in [0.717, 1.165) is 37.7 Å². The Labute approximate surface area is 182 Å². The summed E-state index contributed by atoms with van der Waals surface area (Å²) in [4.78, 5) is 8.57. The number of rotatable bonds is 14. The van der Waals surface area contributed by atoms with Gasteiger partial charge in [0.15, 0.2) is 0 Å². The maximum atomic E-state index is 14.4. The fourth-order valence-corrected chi connectivity index (χ4v) is 3.76. The van der Waals surface area contributed by atoms with Gasteiger partial charge in [-0.25, -0.2) is 8.78 Å². The Kier molecular flexibility index (Phi) is 11.6. The van der Waals surface area contributed by atoms with Gasteiger partial charge in [0, 0.05) is 11.6 Å². The molecule has 0 saturated heterocycles. The maximum Gasteiger partial charge on any atom is 0.316 e. The predicted molar refractivity (Wildman–Crippen MR) is 117 cm³/mol. The molecule has 2 N–H and O–H groups in total. The van der Waals surface area contributed by atoms with Crippen molar-refractivity contribution >= 4 is 19.9 Å². The summed E-state index contributed by atoms with van der Waals surface area (Å²) in [5.74, 6) is -0.460. The summed E-state index contributed by atoms with van der Waals surface area (Å²) >= 11 is 6.30. The Morgan fingerprint density at radius 1 is 0.967 bits per heavy atom. The van der Waals surface area contributed by atoms with Crippen LogP contribution in [0.3, 0.4) is 0 Å². The molecule has 2 aromatic carbocycles. The van der Waals surface area contributed by atoms with Crippen molar-refractivity contribution in [3.63, 3.8) is 0 Å². The molecule has 4 nitrogen and oxygen atoms in total. The summed E-state index contributed by atoms with van der Waals surface area (Å²) in [6.45, 7) is 1.20. The molecule has 0 bridgehead atoms. The zero-order valence-corrected chi connectivity index (χ0v) is 18.7. The van der Waals surface area contributed by atoms with Crippen molar-refractivity contribution in [2.24, 2.45) is 0 Å². The predicted octanol–water partition coefficient (Wildman–Crippen LogP) is 5.84. The number of unbranched alkanes of at least 4 members (excludes halogenated alkanes) is 3. The van der Waals surface area contributed by atoms with Gasteiger partial charge in [-0.1, -0.05) is 36.6 Å². The molecule has 0 radical (unpaired) electrons. The van der Waals surface area contributed by atoms with Gasteiger partial charge in [-0.3, -0.25) is 4.57 Å². The molecule has 0 fully saturated rings. The lowest BCUT2D eigenvalue weighted by molar-refractivity contribution is 0.276. The normalized spacial score (nSPS) is 12.3. The number of benzene rings is 2. The van der Waals surface area contributed by atoms with Gasteiger partial charge >= 0.3 is 8.25 Å². The Balaban J connectivity index is 1.65. The average molecular weight is 460 g/mol. The van der Waals surface area contributed by atoms with Gasteiger partial charge in [0.1, 0.15) is 11.6 Å². The molecule has 0 spiro atoms. The van der Waals surface area contributed by atoms with E-state index in [1.165, 1.54) is 18.2 Å². The summed E-state index contributed by atoms with van der Waals surface area (Å²) in [6.07, 6.45) is 6.12. The third-order valence-electron chi connectivity index (χ3n) is 4.83. The standard InChI is InChI=1S/C22H29ClF2NO3P/c23-21-14-18(7-4-2-1-3-6-17-8-10-20(24)11-9-17)22(25)15-19(21)16-26-12-5-13-29-30(27)28/h8-11,14-15,26,30H,1-7,12-13,16H2,(H,27,28). The topological polar surface area (TPSA) is 58.6 Å². The van der Waals surface area contributed by atoms with Crippen LogP contribution in [0.4, 0.5) is 8.78 Å². The molecular weight excluding hydrogens is 431 g/mol. The average Bonchev–Trinajstić information content (AvgIpc) is 2.71. The Hall–Kier alpha value is -1.30. The van der Waals surface area contributed by atoms with E-state index in [4.69, 9.17) is 16.5 Å². The highest BCUT2D eigenvalue weighted by Gasteiger charge is 2.09. The van der Waals surface area contributed by atoms with Crippen molar-refractivity contribution in [1.29, 1.82) is 0 Å². The molecule has 0 aliphatic rings. The van der Waals surface area contributed by atoms with E-state index in [1.54, 1.807) is 6.07 Å². The summed E-state index contributed by atoms with van der Waals surface area (Å²) in [5, 5.41) is 3.66. The fourth-order valence-electron chi connectivity index (χ4n) is 3.19.